The van der Waals surface area contributed by atoms with Gasteiger partial charge in [-0.2, -0.15) is 5.10 Å². The predicted molar refractivity (Wildman–Crippen MR) is 162 cm³/mol. The molecule has 2 aromatic carbocycles. The smallest absolute Gasteiger partial charge is 0.278 e. The number of amides is 2. The lowest BCUT2D eigenvalue weighted by Crippen LogP contribution is -2.55. The SMILES string of the molecule is COc1cc2c(cc1-c1cncc(C(N)=O)c1)-c1c(c(C(=O)N3CCOCC3(C)C)nn1-c1cc(Cl)cc(Cl)c1)OCC2. The van der Waals surface area contributed by atoms with Crippen molar-refractivity contribution in [3.63, 3.8) is 0 Å². The van der Waals surface area contributed by atoms with E-state index in [2.05, 4.69) is 4.98 Å². The summed E-state index contributed by atoms with van der Waals surface area (Å²) in [6.07, 6.45) is 3.58. The second kappa shape index (κ2) is 11.2. The summed E-state index contributed by atoms with van der Waals surface area (Å²) in [5.41, 5.74) is 9.52. The first kappa shape index (κ1) is 29.0. The maximum atomic E-state index is 14.2. The number of nitrogens with zero attached hydrogens (tertiary/aromatic N) is 4. The van der Waals surface area contributed by atoms with Gasteiger partial charge in [0.2, 0.25) is 5.91 Å². The molecule has 1 saturated heterocycles. The van der Waals surface area contributed by atoms with E-state index in [1.54, 1.807) is 47.2 Å². The summed E-state index contributed by atoms with van der Waals surface area (Å²) in [7, 11) is 1.58. The van der Waals surface area contributed by atoms with Crippen LogP contribution in [0.25, 0.3) is 28.1 Å². The molecule has 0 saturated carbocycles. The van der Waals surface area contributed by atoms with Crippen molar-refractivity contribution in [3.05, 3.63) is 75.7 Å². The van der Waals surface area contributed by atoms with Gasteiger partial charge in [0.25, 0.3) is 5.91 Å². The second-order valence-electron chi connectivity index (χ2n) is 11.0. The van der Waals surface area contributed by atoms with Gasteiger partial charge in [-0.25, -0.2) is 4.68 Å². The van der Waals surface area contributed by atoms with Gasteiger partial charge in [-0.05, 0) is 55.8 Å². The fourth-order valence-electron chi connectivity index (χ4n) is 5.56. The van der Waals surface area contributed by atoms with Crippen molar-refractivity contribution >= 4 is 35.0 Å². The van der Waals surface area contributed by atoms with Crippen LogP contribution < -0.4 is 15.2 Å². The number of fused-ring (bicyclic) bond motifs is 3. The molecule has 2 aliphatic rings. The Morgan fingerprint density at radius 1 is 1.02 bits per heavy atom. The Kier molecular flexibility index (Phi) is 7.53. The summed E-state index contributed by atoms with van der Waals surface area (Å²) in [6.45, 7) is 5.45. The predicted octanol–water partition coefficient (Wildman–Crippen LogP) is 5.20. The number of halogens is 2. The monoisotopic (exact) mass is 621 g/mol. The molecule has 2 amide bonds. The lowest BCUT2D eigenvalue weighted by atomic mass is 9.94. The third-order valence-electron chi connectivity index (χ3n) is 7.66. The number of carbonyl (C=O) groups excluding carboxylic acids is 2. The number of rotatable bonds is 5. The largest absolute Gasteiger partial charge is 0.496 e. The molecule has 0 unspecified atom stereocenters. The van der Waals surface area contributed by atoms with Crippen LogP contribution in [0.2, 0.25) is 10.0 Å². The van der Waals surface area contributed by atoms with E-state index < -0.39 is 11.4 Å². The third-order valence-corrected chi connectivity index (χ3v) is 8.10. The van der Waals surface area contributed by atoms with Gasteiger partial charge in [0.15, 0.2) is 11.4 Å². The Morgan fingerprint density at radius 3 is 2.49 bits per heavy atom. The average Bonchev–Trinajstić information content (AvgIpc) is 3.25. The summed E-state index contributed by atoms with van der Waals surface area (Å²) in [5.74, 6) is 0.0620. The van der Waals surface area contributed by atoms with Crippen LogP contribution in [-0.4, -0.2) is 70.5 Å². The topological polar surface area (TPSA) is 122 Å². The highest BCUT2D eigenvalue weighted by Gasteiger charge is 2.39. The highest BCUT2D eigenvalue weighted by atomic mass is 35.5. The van der Waals surface area contributed by atoms with Crippen LogP contribution in [0.15, 0.2) is 48.8 Å². The summed E-state index contributed by atoms with van der Waals surface area (Å²) in [5, 5.41) is 5.67. The molecule has 4 aromatic rings. The molecule has 12 heteroatoms. The third kappa shape index (κ3) is 5.30. The lowest BCUT2D eigenvalue weighted by Gasteiger charge is -2.41. The highest BCUT2D eigenvalue weighted by Crippen LogP contribution is 2.45. The van der Waals surface area contributed by atoms with Gasteiger partial charge >= 0.3 is 0 Å². The van der Waals surface area contributed by atoms with Crippen LogP contribution in [0.4, 0.5) is 0 Å². The normalized spacial score (nSPS) is 15.6. The second-order valence-corrected chi connectivity index (χ2v) is 11.9. The number of primary amides is 1. The van der Waals surface area contributed by atoms with Crippen LogP contribution in [0.1, 0.15) is 40.3 Å². The molecule has 0 radical (unpaired) electrons. The van der Waals surface area contributed by atoms with E-state index in [-0.39, 0.29) is 17.2 Å². The molecule has 0 aliphatic carbocycles. The van der Waals surface area contributed by atoms with Crippen molar-refractivity contribution in [3.8, 4) is 39.6 Å². The van der Waals surface area contributed by atoms with Crippen molar-refractivity contribution in [2.75, 3.05) is 33.5 Å². The van der Waals surface area contributed by atoms with Crippen LogP contribution in [-0.2, 0) is 11.2 Å². The zero-order valence-corrected chi connectivity index (χ0v) is 25.3. The molecule has 1 fully saturated rings. The molecule has 6 rings (SSSR count). The van der Waals surface area contributed by atoms with Gasteiger partial charge in [-0.15, -0.1) is 0 Å². The quantitative estimate of drug-likeness (QED) is 0.325. The molecular weight excluding hydrogens is 593 g/mol. The van der Waals surface area contributed by atoms with Crippen molar-refractivity contribution in [2.45, 2.75) is 25.8 Å². The average molecular weight is 623 g/mol. The Bertz CT molecular complexity index is 1750. The molecule has 4 heterocycles. The van der Waals surface area contributed by atoms with Crippen LogP contribution >= 0.6 is 23.2 Å². The summed E-state index contributed by atoms with van der Waals surface area (Å²) in [4.78, 5) is 32.1. The van der Waals surface area contributed by atoms with Gasteiger partial charge in [0.1, 0.15) is 11.4 Å². The van der Waals surface area contributed by atoms with Crippen molar-refractivity contribution < 1.29 is 23.8 Å². The number of pyridine rings is 1. The molecule has 0 spiro atoms. The van der Waals surface area contributed by atoms with E-state index in [1.165, 1.54) is 6.20 Å². The number of aromatic nitrogens is 3. The fourth-order valence-corrected chi connectivity index (χ4v) is 6.07. The Morgan fingerprint density at radius 2 is 1.79 bits per heavy atom. The Hall–Kier alpha value is -4.12. The number of methoxy groups -OCH3 is 1. The van der Waals surface area contributed by atoms with Gasteiger partial charge in [-0.1, -0.05) is 23.2 Å². The maximum absolute atomic E-state index is 14.2. The molecule has 2 aliphatic heterocycles. The fraction of sp³-hybridized carbons (Fsp3) is 0.290. The van der Waals surface area contributed by atoms with Crippen LogP contribution in [0.3, 0.4) is 0 Å². The van der Waals surface area contributed by atoms with Gasteiger partial charge in [-0.3, -0.25) is 14.6 Å². The van der Waals surface area contributed by atoms with Gasteiger partial charge in [0.05, 0.1) is 43.7 Å². The van der Waals surface area contributed by atoms with Crippen LogP contribution in [0.5, 0.6) is 11.5 Å². The molecule has 222 valence electrons. The minimum Gasteiger partial charge on any atom is -0.496 e. The van der Waals surface area contributed by atoms with E-state index in [9.17, 15) is 9.59 Å². The van der Waals surface area contributed by atoms with Gasteiger partial charge < -0.3 is 24.8 Å². The maximum Gasteiger partial charge on any atom is 0.278 e. The molecule has 10 nitrogen and oxygen atoms in total. The van der Waals surface area contributed by atoms with Crippen LogP contribution in [0, 0.1) is 0 Å². The van der Waals surface area contributed by atoms with Crippen molar-refractivity contribution in [1.82, 2.24) is 19.7 Å². The molecule has 2 aromatic heterocycles. The number of carbonyl (C=O) groups is 2. The molecule has 0 bridgehead atoms. The number of benzene rings is 2. The van der Waals surface area contributed by atoms with E-state index in [0.717, 1.165) is 11.1 Å². The standard InChI is InChI=1S/C31H29Cl2N5O5/c1-31(2)16-42-7-5-37(31)30(40)26-28-27(38(36-26)22-11-20(32)10-21(33)12-22)24-13-23(18-8-19(29(34)39)15-35-14-18)25(41-3)9-17(24)4-6-43-28/h8-15H,4-7,16H2,1-3H3,(H2,34,39). The number of hydrogen-bond acceptors (Lipinski definition) is 7. The van der Waals surface area contributed by atoms with E-state index >= 15 is 0 Å². The first-order chi connectivity index (χ1) is 20.6. The minimum absolute atomic E-state index is 0.170. The van der Waals surface area contributed by atoms with E-state index in [0.29, 0.717) is 76.8 Å². The minimum atomic E-state index is -0.594. The highest BCUT2D eigenvalue weighted by molar-refractivity contribution is 6.34. The number of nitrogens with two attached hydrogens (primary N) is 1. The summed E-state index contributed by atoms with van der Waals surface area (Å²) >= 11 is 12.8. The molecular formula is C31H29Cl2N5O5. The number of morpholine rings is 1. The first-order valence-electron chi connectivity index (χ1n) is 13.7. The van der Waals surface area contributed by atoms with Crippen molar-refractivity contribution in [2.24, 2.45) is 5.73 Å². The molecule has 2 N–H and O–H groups in total. The molecule has 43 heavy (non-hydrogen) atoms. The van der Waals surface area contributed by atoms with E-state index in [4.69, 9.17) is 48.2 Å². The first-order valence-corrected chi connectivity index (χ1v) is 14.4. The zero-order chi connectivity index (χ0) is 30.5. The van der Waals surface area contributed by atoms with Crippen molar-refractivity contribution in [1.29, 1.82) is 0 Å². The number of ether oxygens (including phenoxy) is 3. The number of hydrogen-bond donors (Lipinski definition) is 1. The molecule has 0 atom stereocenters. The summed E-state index contributed by atoms with van der Waals surface area (Å²) in [6, 6.07) is 10.6. The summed E-state index contributed by atoms with van der Waals surface area (Å²) < 4.78 is 19.4. The lowest BCUT2D eigenvalue weighted by molar-refractivity contribution is -0.0374. The Labute approximate surface area is 258 Å². The van der Waals surface area contributed by atoms with E-state index in [1.807, 2.05) is 26.0 Å². The van der Waals surface area contributed by atoms with Gasteiger partial charge in [0, 0.05) is 52.1 Å². The zero-order valence-electron chi connectivity index (χ0n) is 23.8. The Balaban J connectivity index is 1.62.